The third kappa shape index (κ3) is 5.25. The molecular formula is C20H27N5O3. The largest absolute Gasteiger partial charge is 0.492 e. The third-order valence-electron chi connectivity index (χ3n) is 4.46. The van der Waals surface area contributed by atoms with E-state index in [1.165, 1.54) is 0 Å². The molecule has 2 heterocycles. The van der Waals surface area contributed by atoms with Crippen molar-refractivity contribution >= 4 is 23.5 Å². The van der Waals surface area contributed by atoms with Crippen LogP contribution in [0.25, 0.3) is 0 Å². The SMILES string of the molecule is CCOC(=O)N1CCC(Nc2nccc(Nc3ccccc3OCC)n2)CC1. The van der Waals surface area contributed by atoms with Crippen molar-refractivity contribution in [3.8, 4) is 5.75 Å². The van der Waals surface area contributed by atoms with Gasteiger partial charge in [0.15, 0.2) is 0 Å². The number of piperidine rings is 1. The Bertz CT molecular complexity index is 778. The van der Waals surface area contributed by atoms with Crippen LogP contribution in [0.3, 0.4) is 0 Å². The predicted molar refractivity (Wildman–Crippen MR) is 108 cm³/mol. The van der Waals surface area contributed by atoms with E-state index in [0.717, 1.165) is 24.3 Å². The molecule has 2 N–H and O–H groups in total. The molecule has 1 aromatic carbocycles. The molecular weight excluding hydrogens is 358 g/mol. The Morgan fingerprint density at radius 2 is 1.96 bits per heavy atom. The van der Waals surface area contributed by atoms with Gasteiger partial charge in [0.1, 0.15) is 11.6 Å². The molecule has 0 saturated carbocycles. The molecule has 0 spiro atoms. The number of carbonyl (C=O) groups is 1. The minimum atomic E-state index is -0.239. The van der Waals surface area contributed by atoms with Crippen LogP contribution in [-0.4, -0.2) is 53.3 Å². The first-order valence-corrected chi connectivity index (χ1v) is 9.69. The zero-order valence-corrected chi connectivity index (χ0v) is 16.4. The zero-order chi connectivity index (χ0) is 19.8. The second-order valence-electron chi connectivity index (χ2n) is 6.42. The van der Waals surface area contributed by atoms with Crippen molar-refractivity contribution in [1.29, 1.82) is 0 Å². The second-order valence-corrected chi connectivity index (χ2v) is 6.42. The summed E-state index contributed by atoms with van der Waals surface area (Å²) < 4.78 is 10.7. The summed E-state index contributed by atoms with van der Waals surface area (Å²) in [4.78, 5) is 22.4. The summed E-state index contributed by atoms with van der Waals surface area (Å²) >= 11 is 0. The van der Waals surface area contributed by atoms with Crippen molar-refractivity contribution < 1.29 is 14.3 Å². The summed E-state index contributed by atoms with van der Waals surface area (Å²) in [7, 11) is 0. The van der Waals surface area contributed by atoms with Gasteiger partial charge in [-0.05, 0) is 44.9 Å². The number of nitrogens with zero attached hydrogens (tertiary/aromatic N) is 3. The van der Waals surface area contributed by atoms with E-state index < -0.39 is 0 Å². The third-order valence-corrected chi connectivity index (χ3v) is 4.46. The fourth-order valence-corrected chi connectivity index (χ4v) is 3.09. The van der Waals surface area contributed by atoms with Gasteiger partial charge in [-0.2, -0.15) is 4.98 Å². The summed E-state index contributed by atoms with van der Waals surface area (Å²) in [5, 5.41) is 6.65. The van der Waals surface area contributed by atoms with Crippen LogP contribution in [0.1, 0.15) is 26.7 Å². The van der Waals surface area contributed by atoms with E-state index in [0.29, 0.717) is 38.1 Å². The molecule has 1 fully saturated rings. The van der Waals surface area contributed by atoms with E-state index in [1.807, 2.05) is 44.2 Å². The highest BCUT2D eigenvalue weighted by atomic mass is 16.6. The van der Waals surface area contributed by atoms with Crippen molar-refractivity contribution in [1.82, 2.24) is 14.9 Å². The lowest BCUT2D eigenvalue weighted by Crippen LogP contribution is -2.42. The number of nitrogens with one attached hydrogen (secondary N) is 2. The van der Waals surface area contributed by atoms with Gasteiger partial charge in [0.25, 0.3) is 0 Å². The maximum absolute atomic E-state index is 11.8. The van der Waals surface area contributed by atoms with Crippen molar-refractivity contribution in [3.63, 3.8) is 0 Å². The molecule has 8 heteroatoms. The number of carbonyl (C=O) groups excluding carboxylic acids is 1. The van der Waals surface area contributed by atoms with Crippen LogP contribution in [0.15, 0.2) is 36.5 Å². The lowest BCUT2D eigenvalue weighted by molar-refractivity contribution is 0.0983. The van der Waals surface area contributed by atoms with Gasteiger partial charge >= 0.3 is 6.09 Å². The van der Waals surface area contributed by atoms with Crippen LogP contribution in [0.4, 0.5) is 22.2 Å². The van der Waals surface area contributed by atoms with Crippen LogP contribution < -0.4 is 15.4 Å². The summed E-state index contributed by atoms with van der Waals surface area (Å²) in [5.41, 5.74) is 0.858. The standard InChI is InChI=1S/C20H27N5O3/c1-3-27-17-8-6-5-7-16(17)23-18-9-12-21-19(24-18)22-15-10-13-25(14-11-15)20(26)28-4-2/h5-9,12,15H,3-4,10-11,13-14H2,1-2H3,(H2,21,22,23,24). The highest BCUT2D eigenvalue weighted by Crippen LogP contribution is 2.27. The first kappa shape index (κ1) is 19.7. The molecule has 0 atom stereocenters. The summed E-state index contributed by atoms with van der Waals surface area (Å²) in [6.07, 6.45) is 3.13. The number of anilines is 3. The maximum atomic E-state index is 11.8. The lowest BCUT2D eigenvalue weighted by Gasteiger charge is -2.31. The smallest absolute Gasteiger partial charge is 0.409 e. The summed E-state index contributed by atoms with van der Waals surface area (Å²) in [6, 6.07) is 9.79. The summed E-state index contributed by atoms with van der Waals surface area (Å²) in [5.74, 6) is 2.03. The van der Waals surface area contributed by atoms with E-state index in [4.69, 9.17) is 9.47 Å². The molecule has 0 unspecified atom stereocenters. The second kappa shape index (κ2) is 9.77. The molecule has 0 bridgehead atoms. The molecule has 150 valence electrons. The molecule has 8 nitrogen and oxygen atoms in total. The van der Waals surface area contributed by atoms with E-state index in [1.54, 1.807) is 11.1 Å². The molecule has 0 aliphatic carbocycles. The highest BCUT2D eigenvalue weighted by molar-refractivity contribution is 5.67. The van der Waals surface area contributed by atoms with Crippen molar-refractivity contribution in [2.45, 2.75) is 32.7 Å². The molecule has 3 rings (SSSR count). The van der Waals surface area contributed by atoms with Gasteiger partial charge in [0.05, 0.1) is 18.9 Å². The number of rotatable bonds is 7. The predicted octanol–water partition coefficient (Wildman–Crippen LogP) is 3.65. The van der Waals surface area contributed by atoms with Crippen molar-refractivity contribution in [2.75, 3.05) is 36.9 Å². The number of hydrogen-bond acceptors (Lipinski definition) is 7. The summed E-state index contributed by atoms with van der Waals surface area (Å²) in [6.45, 7) is 6.09. The number of likely N-dealkylation sites (tertiary alicyclic amines) is 1. The monoisotopic (exact) mass is 385 g/mol. The van der Waals surface area contributed by atoms with Gasteiger partial charge in [-0.1, -0.05) is 12.1 Å². The molecule has 28 heavy (non-hydrogen) atoms. The molecule has 1 aliphatic heterocycles. The van der Waals surface area contributed by atoms with Gasteiger partial charge in [-0.3, -0.25) is 0 Å². The van der Waals surface area contributed by atoms with E-state index in [9.17, 15) is 4.79 Å². The van der Waals surface area contributed by atoms with Crippen LogP contribution in [0, 0.1) is 0 Å². The fraction of sp³-hybridized carbons (Fsp3) is 0.450. The van der Waals surface area contributed by atoms with E-state index in [2.05, 4.69) is 20.6 Å². The van der Waals surface area contributed by atoms with Gasteiger partial charge in [0.2, 0.25) is 5.95 Å². The van der Waals surface area contributed by atoms with E-state index in [-0.39, 0.29) is 12.1 Å². The number of aromatic nitrogens is 2. The first-order chi connectivity index (χ1) is 13.7. The molecule has 1 amide bonds. The van der Waals surface area contributed by atoms with Gasteiger partial charge in [0, 0.05) is 25.3 Å². The Morgan fingerprint density at radius 1 is 1.18 bits per heavy atom. The van der Waals surface area contributed by atoms with Crippen LogP contribution >= 0.6 is 0 Å². The number of amides is 1. The van der Waals surface area contributed by atoms with Gasteiger partial charge in [-0.15, -0.1) is 0 Å². The maximum Gasteiger partial charge on any atom is 0.409 e. The highest BCUT2D eigenvalue weighted by Gasteiger charge is 2.23. The minimum Gasteiger partial charge on any atom is -0.492 e. The average molecular weight is 385 g/mol. The molecule has 2 aromatic rings. The number of ether oxygens (including phenoxy) is 2. The van der Waals surface area contributed by atoms with Crippen molar-refractivity contribution in [2.24, 2.45) is 0 Å². The van der Waals surface area contributed by atoms with E-state index >= 15 is 0 Å². The Balaban J connectivity index is 1.58. The van der Waals surface area contributed by atoms with Gasteiger partial charge < -0.3 is 25.0 Å². The van der Waals surface area contributed by atoms with Crippen molar-refractivity contribution in [3.05, 3.63) is 36.5 Å². The number of benzene rings is 1. The Morgan fingerprint density at radius 3 is 2.71 bits per heavy atom. The normalized spacial score (nSPS) is 14.4. The van der Waals surface area contributed by atoms with Crippen LogP contribution in [0.5, 0.6) is 5.75 Å². The average Bonchev–Trinajstić information content (AvgIpc) is 2.71. The zero-order valence-electron chi connectivity index (χ0n) is 16.4. The quantitative estimate of drug-likeness (QED) is 0.752. The Hall–Kier alpha value is -3.03. The minimum absolute atomic E-state index is 0.219. The molecule has 1 saturated heterocycles. The van der Waals surface area contributed by atoms with Gasteiger partial charge in [-0.25, -0.2) is 9.78 Å². The van der Waals surface area contributed by atoms with Crippen LogP contribution in [0.2, 0.25) is 0 Å². The molecule has 1 aromatic heterocycles. The lowest BCUT2D eigenvalue weighted by atomic mass is 10.1. The number of hydrogen-bond donors (Lipinski definition) is 2. The van der Waals surface area contributed by atoms with Crippen LogP contribution in [-0.2, 0) is 4.74 Å². The molecule has 0 radical (unpaired) electrons. The Labute approximate surface area is 165 Å². The fourth-order valence-electron chi connectivity index (χ4n) is 3.09. The number of para-hydroxylation sites is 2. The topological polar surface area (TPSA) is 88.6 Å². The first-order valence-electron chi connectivity index (χ1n) is 9.69. The Kier molecular flexibility index (Phi) is 6.89. The molecule has 1 aliphatic rings.